The first-order valence-electron chi connectivity index (χ1n) is 6.63. The summed E-state index contributed by atoms with van der Waals surface area (Å²) in [6, 6.07) is 13.0. The third-order valence-electron chi connectivity index (χ3n) is 2.73. The first kappa shape index (κ1) is 14.2. The summed E-state index contributed by atoms with van der Waals surface area (Å²) >= 11 is 0. The van der Waals surface area contributed by atoms with Gasteiger partial charge in [-0.25, -0.2) is 0 Å². The molecule has 0 N–H and O–H groups in total. The number of rotatable bonds is 1. The molecule has 0 aliphatic heterocycles. The van der Waals surface area contributed by atoms with Crippen LogP contribution in [0.5, 0.6) is 0 Å². The third-order valence-corrected chi connectivity index (χ3v) is 2.73. The summed E-state index contributed by atoms with van der Waals surface area (Å²) in [5.41, 5.74) is 0. The fourth-order valence-corrected chi connectivity index (χ4v) is 1.87. The van der Waals surface area contributed by atoms with E-state index in [1.807, 2.05) is 20.8 Å². The molecule has 94 valence electrons. The van der Waals surface area contributed by atoms with Gasteiger partial charge in [0.15, 0.2) is 0 Å². The summed E-state index contributed by atoms with van der Waals surface area (Å²) in [6.45, 7) is 8.12. The minimum atomic E-state index is 1.28. The maximum absolute atomic E-state index is 2.24. The van der Waals surface area contributed by atoms with Gasteiger partial charge in [0.25, 0.3) is 0 Å². The van der Waals surface area contributed by atoms with Gasteiger partial charge in [-0.15, -0.1) is 0 Å². The van der Waals surface area contributed by atoms with E-state index in [0.29, 0.717) is 0 Å². The molecule has 0 atom stereocenters. The number of fused-ring (bicyclic) bond motifs is 1. The molecule has 0 fully saturated rings. The Morgan fingerprint density at radius 2 is 1.39 bits per heavy atom. The molecule has 0 saturated heterocycles. The average Bonchev–Trinajstić information content (AvgIpc) is 2.46. The molecule has 0 heterocycles. The van der Waals surface area contributed by atoms with Crippen molar-refractivity contribution in [2.24, 2.45) is 0 Å². The van der Waals surface area contributed by atoms with Crippen molar-refractivity contribution in [3.8, 4) is 0 Å². The highest BCUT2D eigenvalue weighted by atomic mass is 14.0. The van der Waals surface area contributed by atoms with Crippen LogP contribution in [-0.2, 0) is 0 Å². The lowest BCUT2D eigenvalue weighted by Crippen LogP contribution is -2.23. The molecule has 0 spiro atoms. The summed E-state index contributed by atoms with van der Waals surface area (Å²) < 4.78 is 0. The fourth-order valence-electron chi connectivity index (χ4n) is 1.87. The van der Waals surface area contributed by atoms with Crippen LogP contribution in [0.4, 0.5) is 0 Å². The van der Waals surface area contributed by atoms with Gasteiger partial charge in [-0.05, 0) is 47.2 Å². The highest BCUT2D eigenvalue weighted by Crippen LogP contribution is 2.07. The largest absolute Gasteiger partial charge is 0.0876 e. The van der Waals surface area contributed by atoms with Crippen LogP contribution < -0.4 is 10.4 Å². The minimum absolute atomic E-state index is 1.28. The molecular weight excluding hydrogens is 216 g/mol. The van der Waals surface area contributed by atoms with Crippen molar-refractivity contribution in [2.75, 3.05) is 0 Å². The zero-order chi connectivity index (χ0) is 13.4. The van der Waals surface area contributed by atoms with Crippen molar-refractivity contribution in [1.82, 2.24) is 0 Å². The molecular formula is C18H22. The normalized spacial score (nSPS) is 12.9. The minimum Gasteiger partial charge on any atom is -0.0876 e. The smallest absolute Gasteiger partial charge is 0.0178 e. The number of allylic oxidation sites excluding steroid dienone is 2. The average molecular weight is 238 g/mol. The Morgan fingerprint density at radius 1 is 0.833 bits per heavy atom. The predicted octanol–water partition coefficient (Wildman–Crippen LogP) is 4.02. The standard InChI is InChI=1S/C16H16.C2H6/c1-3-5-8-14-12-16-10-7-6-9-15(16)11-13(14)4-2;1-2/h3-12H,1-2H3;1-2H3/b5-3-,13-4-,14-8-;. The molecule has 0 radical (unpaired) electrons. The molecule has 0 amide bonds. The Balaban J connectivity index is 0.000000771. The second-order valence-electron chi connectivity index (χ2n) is 3.81. The molecule has 0 saturated carbocycles. The van der Waals surface area contributed by atoms with Crippen LogP contribution in [0.25, 0.3) is 22.9 Å². The van der Waals surface area contributed by atoms with E-state index in [9.17, 15) is 0 Å². The van der Waals surface area contributed by atoms with E-state index >= 15 is 0 Å². The van der Waals surface area contributed by atoms with E-state index in [1.165, 1.54) is 21.2 Å². The second-order valence-corrected chi connectivity index (χ2v) is 3.81. The zero-order valence-electron chi connectivity index (χ0n) is 11.8. The third kappa shape index (κ3) is 3.33. The van der Waals surface area contributed by atoms with Crippen molar-refractivity contribution in [3.63, 3.8) is 0 Å². The summed E-state index contributed by atoms with van der Waals surface area (Å²) in [5, 5.41) is 5.16. The number of benzene rings is 2. The molecule has 0 aliphatic rings. The van der Waals surface area contributed by atoms with Crippen LogP contribution in [0.3, 0.4) is 0 Å². The molecule has 2 aromatic carbocycles. The van der Waals surface area contributed by atoms with E-state index < -0.39 is 0 Å². The summed E-state index contributed by atoms with van der Waals surface area (Å²) in [7, 11) is 0. The van der Waals surface area contributed by atoms with Crippen LogP contribution in [-0.4, -0.2) is 0 Å². The van der Waals surface area contributed by atoms with E-state index in [-0.39, 0.29) is 0 Å². The van der Waals surface area contributed by atoms with Gasteiger partial charge >= 0.3 is 0 Å². The van der Waals surface area contributed by atoms with Gasteiger partial charge in [0.2, 0.25) is 0 Å². The quantitative estimate of drug-likeness (QED) is 0.704. The highest BCUT2D eigenvalue weighted by Gasteiger charge is 1.91. The maximum atomic E-state index is 2.24. The topological polar surface area (TPSA) is 0 Å². The van der Waals surface area contributed by atoms with Crippen LogP contribution in [0.1, 0.15) is 27.7 Å². The van der Waals surface area contributed by atoms with Crippen molar-refractivity contribution < 1.29 is 0 Å². The van der Waals surface area contributed by atoms with E-state index in [1.54, 1.807) is 0 Å². The molecule has 0 bridgehead atoms. The van der Waals surface area contributed by atoms with Gasteiger partial charge < -0.3 is 0 Å². The lowest BCUT2D eigenvalue weighted by molar-refractivity contribution is 1.50. The Bertz CT molecular complexity index is 631. The first-order chi connectivity index (χ1) is 8.85. The van der Waals surface area contributed by atoms with Gasteiger partial charge in [-0.2, -0.15) is 0 Å². The van der Waals surface area contributed by atoms with E-state index in [2.05, 4.69) is 67.6 Å². The molecule has 0 aliphatic carbocycles. The molecule has 0 unspecified atom stereocenters. The van der Waals surface area contributed by atoms with E-state index in [4.69, 9.17) is 0 Å². The Hall–Kier alpha value is -1.82. The zero-order valence-corrected chi connectivity index (χ0v) is 11.8. The predicted molar refractivity (Wildman–Crippen MR) is 84.0 cm³/mol. The van der Waals surface area contributed by atoms with E-state index in [0.717, 1.165) is 0 Å². The second kappa shape index (κ2) is 7.50. The molecule has 2 aromatic rings. The monoisotopic (exact) mass is 238 g/mol. The SMILES string of the molecule is CC.C\C=C/C=c1/cc2ccccc2c/c1=C/C. The molecule has 0 nitrogen and oxygen atoms in total. The highest BCUT2D eigenvalue weighted by molar-refractivity contribution is 5.82. The van der Waals surface area contributed by atoms with Crippen molar-refractivity contribution in [2.45, 2.75) is 27.7 Å². The van der Waals surface area contributed by atoms with Crippen LogP contribution in [0, 0.1) is 0 Å². The Kier molecular flexibility index (Phi) is 5.93. The number of hydrogen-bond donors (Lipinski definition) is 0. The van der Waals surface area contributed by atoms with Gasteiger partial charge in [-0.1, -0.05) is 62.4 Å². The lowest BCUT2D eigenvalue weighted by atomic mass is 10.1. The fraction of sp³-hybridized carbons (Fsp3) is 0.222. The van der Waals surface area contributed by atoms with Crippen molar-refractivity contribution in [1.29, 1.82) is 0 Å². The summed E-state index contributed by atoms with van der Waals surface area (Å²) in [6.07, 6.45) is 8.44. The van der Waals surface area contributed by atoms with Crippen molar-refractivity contribution in [3.05, 3.63) is 59.0 Å². The van der Waals surface area contributed by atoms with Gasteiger partial charge in [0, 0.05) is 0 Å². The van der Waals surface area contributed by atoms with Gasteiger partial charge in [0.1, 0.15) is 0 Å². The van der Waals surface area contributed by atoms with Gasteiger partial charge in [0.05, 0.1) is 0 Å². The molecule has 0 aromatic heterocycles. The Morgan fingerprint density at radius 3 is 1.89 bits per heavy atom. The molecule has 0 heteroatoms. The van der Waals surface area contributed by atoms with Crippen LogP contribution in [0.2, 0.25) is 0 Å². The number of hydrogen-bond acceptors (Lipinski definition) is 0. The van der Waals surface area contributed by atoms with Crippen LogP contribution in [0.15, 0.2) is 48.6 Å². The molecule has 2 rings (SSSR count). The Labute approximate surface area is 110 Å². The van der Waals surface area contributed by atoms with Gasteiger partial charge in [-0.3, -0.25) is 0 Å². The van der Waals surface area contributed by atoms with Crippen LogP contribution >= 0.6 is 0 Å². The first-order valence-corrected chi connectivity index (χ1v) is 6.63. The summed E-state index contributed by atoms with van der Waals surface area (Å²) in [5.74, 6) is 0. The van der Waals surface area contributed by atoms with Crippen molar-refractivity contribution >= 4 is 22.9 Å². The molecule has 18 heavy (non-hydrogen) atoms. The maximum Gasteiger partial charge on any atom is -0.0178 e. The summed E-state index contributed by atoms with van der Waals surface area (Å²) in [4.78, 5) is 0. The lowest BCUT2D eigenvalue weighted by Gasteiger charge is -1.97.